The molecule has 1 heterocycles. The molecule has 0 fully saturated rings. The highest BCUT2D eigenvalue weighted by molar-refractivity contribution is 7.81. The minimum atomic E-state index is -5.20. The van der Waals surface area contributed by atoms with Crippen LogP contribution in [0.15, 0.2) is 39.5 Å². The summed E-state index contributed by atoms with van der Waals surface area (Å²) in [5.74, 6) is -4.65. The first kappa shape index (κ1) is 21.2. The van der Waals surface area contributed by atoms with Gasteiger partial charge in [0.1, 0.15) is 22.5 Å². The number of rotatable bonds is 5. The topological polar surface area (TPSA) is 218 Å². The van der Waals surface area contributed by atoms with Crippen molar-refractivity contribution in [2.75, 3.05) is 0 Å². The van der Waals surface area contributed by atoms with Crippen LogP contribution in [0.1, 0.15) is 0 Å². The van der Waals surface area contributed by atoms with Crippen LogP contribution in [0, 0.1) is 0 Å². The van der Waals surface area contributed by atoms with E-state index in [9.17, 15) is 36.9 Å². The van der Waals surface area contributed by atoms with E-state index in [0.29, 0.717) is 6.07 Å². The number of aromatic hydroxyl groups is 3. The Morgan fingerprint density at radius 3 is 2.03 bits per heavy atom. The van der Waals surface area contributed by atoms with Gasteiger partial charge in [-0.3, -0.25) is 13.9 Å². The van der Waals surface area contributed by atoms with Gasteiger partial charge in [-0.25, -0.2) is 0 Å². The van der Waals surface area contributed by atoms with Crippen LogP contribution in [-0.2, 0) is 20.8 Å². The molecule has 0 aliphatic heterocycles. The predicted octanol–water partition coefficient (Wildman–Crippen LogP) is 0.940. The zero-order valence-electron chi connectivity index (χ0n) is 14.2. The Labute approximate surface area is 166 Å². The van der Waals surface area contributed by atoms with Gasteiger partial charge < -0.3 is 28.1 Å². The second kappa shape index (κ2) is 7.06. The van der Waals surface area contributed by atoms with Crippen molar-refractivity contribution in [3.8, 4) is 40.1 Å². The van der Waals surface area contributed by atoms with Gasteiger partial charge in [0.05, 0.1) is 0 Å². The van der Waals surface area contributed by atoms with E-state index in [2.05, 4.69) is 8.37 Å². The molecule has 0 aliphatic carbocycles. The lowest BCUT2D eigenvalue weighted by atomic mass is 10.1. The highest BCUT2D eigenvalue weighted by atomic mass is 32.3. The fourth-order valence-corrected chi connectivity index (χ4v) is 3.20. The molecule has 0 amide bonds. The first-order valence-corrected chi connectivity index (χ1v) is 10.2. The molecular formula is C15H10O13S2. The van der Waals surface area contributed by atoms with E-state index in [-0.39, 0.29) is 11.1 Å². The predicted molar refractivity (Wildman–Crippen MR) is 97.3 cm³/mol. The molecular weight excluding hydrogens is 452 g/mol. The lowest BCUT2D eigenvalue weighted by Crippen LogP contribution is -2.11. The summed E-state index contributed by atoms with van der Waals surface area (Å²) >= 11 is 0. The fraction of sp³-hybridized carbons (Fsp3) is 0. The molecule has 0 bridgehead atoms. The van der Waals surface area contributed by atoms with Crippen LogP contribution < -0.4 is 13.8 Å². The third-order valence-electron chi connectivity index (χ3n) is 3.53. The fourth-order valence-electron chi connectivity index (χ4n) is 2.48. The summed E-state index contributed by atoms with van der Waals surface area (Å²) in [6, 6.07) is 4.21. The molecule has 3 rings (SSSR count). The van der Waals surface area contributed by atoms with Crippen molar-refractivity contribution in [2.45, 2.75) is 0 Å². The summed E-state index contributed by atoms with van der Waals surface area (Å²) < 4.78 is 75.1. The third-order valence-corrected chi connectivity index (χ3v) is 4.31. The first-order chi connectivity index (χ1) is 13.7. The Morgan fingerprint density at radius 2 is 1.43 bits per heavy atom. The van der Waals surface area contributed by atoms with Gasteiger partial charge in [0.25, 0.3) is 0 Å². The van der Waals surface area contributed by atoms with E-state index in [0.717, 1.165) is 24.3 Å². The summed E-state index contributed by atoms with van der Waals surface area (Å²) in [5, 5.41) is 29.0. The lowest BCUT2D eigenvalue weighted by molar-refractivity contribution is 0.361. The van der Waals surface area contributed by atoms with Crippen LogP contribution in [0.25, 0.3) is 22.3 Å². The smallest absolute Gasteiger partial charge is 0.446 e. The second-order valence-corrected chi connectivity index (χ2v) is 7.67. The number of hydrogen-bond donors (Lipinski definition) is 5. The molecule has 0 unspecified atom stereocenters. The van der Waals surface area contributed by atoms with Crippen LogP contribution in [0.3, 0.4) is 0 Å². The summed E-state index contributed by atoms with van der Waals surface area (Å²) in [6.07, 6.45) is 0. The molecule has 0 atom stereocenters. The number of phenols is 2. The van der Waals surface area contributed by atoms with Crippen molar-refractivity contribution >= 4 is 31.8 Å². The van der Waals surface area contributed by atoms with Crippen molar-refractivity contribution < 1.29 is 54.0 Å². The minimum absolute atomic E-state index is 0.282. The molecule has 0 radical (unpaired) electrons. The van der Waals surface area contributed by atoms with Crippen LogP contribution >= 0.6 is 0 Å². The van der Waals surface area contributed by atoms with Crippen molar-refractivity contribution in [1.29, 1.82) is 0 Å². The summed E-state index contributed by atoms with van der Waals surface area (Å²) in [5.41, 5.74) is -1.75. The molecule has 5 N–H and O–H groups in total. The molecule has 160 valence electrons. The minimum Gasteiger partial charge on any atom is -0.508 e. The molecule has 15 heteroatoms. The Kier molecular flexibility index (Phi) is 4.99. The maximum absolute atomic E-state index is 12.4. The van der Waals surface area contributed by atoms with Crippen LogP contribution in [0.5, 0.6) is 28.7 Å². The van der Waals surface area contributed by atoms with Gasteiger partial charge in [-0.15, -0.1) is 0 Å². The van der Waals surface area contributed by atoms with Crippen molar-refractivity contribution in [1.82, 2.24) is 0 Å². The highest BCUT2D eigenvalue weighted by Gasteiger charge is 2.23. The van der Waals surface area contributed by atoms with E-state index < -0.39 is 66.1 Å². The normalized spacial score (nSPS) is 12.1. The summed E-state index contributed by atoms with van der Waals surface area (Å²) in [6.45, 7) is 0. The van der Waals surface area contributed by atoms with Crippen LogP contribution in [0.4, 0.5) is 0 Å². The van der Waals surface area contributed by atoms with E-state index in [4.69, 9.17) is 13.5 Å². The van der Waals surface area contributed by atoms with Gasteiger partial charge in [-0.1, -0.05) is 0 Å². The molecule has 0 saturated carbocycles. The SMILES string of the molecule is O=c1c(O)c(-c2ccc(OS(=O)(=O)O)c(OS(=O)(=O)O)c2)oc2cc(O)cc(O)c12. The van der Waals surface area contributed by atoms with Gasteiger partial charge in [0.2, 0.25) is 11.2 Å². The zero-order valence-corrected chi connectivity index (χ0v) is 15.8. The van der Waals surface area contributed by atoms with Crippen molar-refractivity contribution in [3.63, 3.8) is 0 Å². The molecule has 3 aromatic rings. The second-order valence-electron chi connectivity index (χ2n) is 5.63. The average molecular weight is 462 g/mol. The molecule has 1 aromatic heterocycles. The largest absolute Gasteiger partial charge is 0.508 e. The molecule has 2 aromatic carbocycles. The number of phenolic OH excluding ortho intramolecular Hbond substituents is 2. The molecule has 0 spiro atoms. The highest BCUT2D eigenvalue weighted by Crippen LogP contribution is 2.39. The monoisotopic (exact) mass is 462 g/mol. The summed E-state index contributed by atoms with van der Waals surface area (Å²) in [7, 11) is -10.3. The van der Waals surface area contributed by atoms with Gasteiger partial charge in [0, 0.05) is 17.7 Å². The van der Waals surface area contributed by atoms with E-state index in [1.54, 1.807) is 0 Å². The lowest BCUT2D eigenvalue weighted by Gasteiger charge is -2.11. The maximum atomic E-state index is 12.4. The first-order valence-electron chi connectivity index (χ1n) is 7.45. The van der Waals surface area contributed by atoms with Gasteiger partial charge >= 0.3 is 20.8 Å². The Bertz CT molecular complexity index is 1440. The van der Waals surface area contributed by atoms with Crippen LogP contribution in [-0.4, -0.2) is 41.3 Å². The van der Waals surface area contributed by atoms with Gasteiger partial charge in [-0.2, -0.15) is 16.8 Å². The Balaban J connectivity index is 2.27. The van der Waals surface area contributed by atoms with E-state index >= 15 is 0 Å². The number of benzene rings is 2. The van der Waals surface area contributed by atoms with Gasteiger partial charge in [-0.05, 0) is 18.2 Å². The third kappa shape index (κ3) is 4.38. The van der Waals surface area contributed by atoms with E-state index in [1.807, 2.05) is 0 Å². The number of fused-ring (bicyclic) bond motifs is 1. The quantitative estimate of drug-likeness (QED) is 0.334. The van der Waals surface area contributed by atoms with Crippen LogP contribution in [0.2, 0.25) is 0 Å². The molecule has 30 heavy (non-hydrogen) atoms. The Morgan fingerprint density at radius 1 is 0.833 bits per heavy atom. The molecule has 13 nitrogen and oxygen atoms in total. The average Bonchev–Trinajstić information content (AvgIpc) is 2.56. The van der Waals surface area contributed by atoms with Crippen molar-refractivity contribution in [2.24, 2.45) is 0 Å². The Hall–Kier alpha value is -3.53. The molecule has 0 aliphatic rings. The zero-order chi connectivity index (χ0) is 22.4. The maximum Gasteiger partial charge on any atom is 0.446 e. The van der Waals surface area contributed by atoms with Crippen molar-refractivity contribution in [3.05, 3.63) is 40.6 Å². The standard InChI is InChI=1S/C15H10O13S2/c16-7-4-8(17)12-11(5-7)26-15(14(19)13(12)18)6-1-2-9(27-29(20,21)22)10(3-6)28-30(23,24)25/h1-5,16-17,19H,(H,20,21,22)(H,23,24,25). The van der Waals surface area contributed by atoms with Gasteiger partial charge in [0.15, 0.2) is 17.3 Å². The van der Waals surface area contributed by atoms with E-state index in [1.165, 1.54) is 0 Å². The molecule has 0 saturated heterocycles. The summed E-state index contributed by atoms with van der Waals surface area (Å²) in [4.78, 5) is 12.4. The number of hydrogen-bond acceptors (Lipinski definition) is 11.